The second-order valence-corrected chi connectivity index (χ2v) is 4.57. The fourth-order valence-electron chi connectivity index (χ4n) is 1.77. The minimum atomic E-state index is -4.61. The molecule has 126 valence electrons. The molecular weight excluding hydrogens is 332 g/mol. The number of amides is 1. The average Bonchev–Trinajstić information content (AvgIpc) is 2.53. The van der Waals surface area contributed by atoms with Crippen LogP contribution in [0.4, 0.5) is 23.2 Å². The second kappa shape index (κ2) is 6.65. The summed E-state index contributed by atoms with van der Waals surface area (Å²) >= 11 is 0. The molecule has 0 bridgehead atoms. The molecule has 1 N–H and O–H groups in total. The molecule has 2 rings (SSSR count). The highest BCUT2D eigenvalue weighted by Gasteiger charge is 2.32. The van der Waals surface area contributed by atoms with E-state index in [-0.39, 0.29) is 16.8 Å². The third-order valence-electron chi connectivity index (χ3n) is 2.95. The van der Waals surface area contributed by atoms with Crippen molar-refractivity contribution in [2.24, 2.45) is 0 Å². The Labute approximate surface area is 133 Å². The van der Waals surface area contributed by atoms with Crippen molar-refractivity contribution in [1.29, 1.82) is 0 Å². The highest BCUT2D eigenvalue weighted by Crippen LogP contribution is 2.27. The lowest BCUT2D eigenvalue weighted by Gasteiger charge is -2.08. The van der Waals surface area contributed by atoms with E-state index in [1.807, 2.05) is 0 Å². The Morgan fingerprint density at radius 2 is 1.88 bits per heavy atom. The minimum absolute atomic E-state index is 0.0186. The van der Waals surface area contributed by atoms with Crippen molar-refractivity contribution in [2.45, 2.75) is 6.18 Å². The van der Waals surface area contributed by atoms with Gasteiger partial charge >= 0.3 is 12.1 Å². The molecular formula is C15H10F4N2O3. The molecule has 0 atom stereocenters. The molecule has 5 nitrogen and oxygen atoms in total. The largest absolute Gasteiger partial charge is 0.465 e. The van der Waals surface area contributed by atoms with E-state index < -0.39 is 29.6 Å². The Hall–Kier alpha value is -2.97. The molecule has 0 fully saturated rings. The molecule has 0 aliphatic carbocycles. The molecule has 0 saturated heterocycles. The van der Waals surface area contributed by atoms with Crippen LogP contribution in [0.15, 0.2) is 36.5 Å². The highest BCUT2D eigenvalue weighted by molar-refractivity contribution is 6.04. The molecule has 1 aromatic heterocycles. The van der Waals surface area contributed by atoms with Crippen LogP contribution >= 0.6 is 0 Å². The first-order valence-corrected chi connectivity index (χ1v) is 6.45. The van der Waals surface area contributed by atoms with Crippen molar-refractivity contribution in [2.75, 3.05) is 12.4 Å². The van der Waals surface area contributed by atoms with Gasteiger partial charge in [-0.2, -0.15) is 13.2 Å². The third kappa shape index (κ3) is 3.86. The molecule has 0 aliphatic heterocycles. The van der Waals surface area contributed by atoms with Gasteiger partial charge in [0.1, 0.15) is 11.5 Å². The molecule has 24 heavy (non-hydrogen) atoms. The number of esters is 1. The minimum Gasteiger partial charge on any atom is -0.465 e. The molecule has 0 unspecified atom stereocenters. The van der Waals surface area contributed by atoms with Crippen LogP contribution in [-0.2, 0) is 10.9 Å². The van der Waals surface area contributed by atoms with Gasteiger partial charge in [-0.15, -0.1) is 0 Å². The van der Waals surface area contributed by atoms with Crippen LogP contribution in [0.1, 0.15) is 26.4 Å². The van der Waals surface area contributed by atoms with Crippen LogP contribution in [-0.4, -0.2) is 24.0 Å². The third-order valence-corrected chi connectivity index (χ3v) is 2.95. The molecule has 0 aliphatic rings. The summed E-state index contributed by atoms with van der Waals surface area (Å²) in [6.07, 6.45) is -3.85. The summed E-state index contributed by atoms with van der Waals surface area (Å²) in [5.41, 5.74) is -1.57. The zero-order chi connectivity index (χ0) is 17.9. The lowest BCUT2D eigenvalue weighted by atomic mass is 10.2. The number of ether oxygens (including phenoxy) is 1. The number of hydrogen-bond acceptors (Lipinski definition) is 4. The number of benzene rings is 1. The first-order valence-electron chi connectivity index (χ1n) is 6.45. The molecule has 2 aromatic rings. The van der Waals surface area contributed by atoms with E-state index in [4.69, 9.17) is 0 Å². The maximum Gasteiger partial charge on any atom is 0.433 e. The molecule has 1 amide bonds. The number of nitrogens with one attached hydrogen (secondary N) is 1. The maximum absolute atomic E-state index is 13.7. The standard InChI is InChI=1S/C15H10F4N2O3/c1-24-14(23)10-4-3-9(6-11(10)16)21-13(22)8-2-5-12(20-7-8)15(17,18)19/h2-7H,1H3,(H,21,22). The van der Waals surface area contributed by atoms with E-state index in [0.29, 0.717) is 6.07 Å². The van der Waals surface area contributed by atoms with E-state index in [0.717, 1.165) is 31.5 Å². The van der Waals surface area contributed by atoms with Gasteiger partial charge in [0.2, 0.25) is 0 Å². The summed E-state index contributed by atoms with van der Waals surface area (Å²) in [6, 6.07) is 4.87. The number of anilines is 1. The van der Waals surface area contributed by atoms with Gasteiger partial charge in [0.15, 0.2) is 0 Å². The smallest absolute Gasteiger partial charge is 0.433 e. The first kappa shape index (κ1) is 17.4. The van der Waals surface area contributed by atoms with Gasteiger partial charge in [0.05, 0.1) is 18.2 Å². The summed E-state index contributed by atoms with van der Waals surface area (Å²) in [5.74, 6) is -2.57. The quantitative estimate of drug-likeness (QED) is 0.687. The van der Waals surface area contributed by atoms with Gasteiger partial charge in [0.25, 0.3) is 5.91 Å². The summed E-state index contributed by atoms with van der Waals surface area (Å²) in [7, 11) is 1.09. The summed E-state index contributed by atoms with van der Waals surface area (Å²) in [5, 5.41) is 2.29. The molecule has 0 saturated carbocycles. The van der Waals surface area contributed by atoms with Crippen LogP contribution in [0.25, 0.3) is 0 Å². The van der Waals surface area contributed by atoms with Crippen molar-refractivity contribution < 1.29 is 31.9 Å². The predicted molar refractivity (Wildman–Crippen MR) is 74.9 cm³/mol. The Morgan fingerprint density at radius 3 is 2.38 bits per heavy atom. The van der Waals surface area contributed by atoms with Gasteiger partial charge < -0.3 is 10.1 Å². The van der Waals surface area contributed by atoms with E-state index in [2.05, 4.69) is 15.0 Å². The number of rotatable bonds is 3. The topological polar surface area (TPSA) is 68.3 Å². The Bertz CT molecular complexity index is 773. The SMILES string of the molecule is COC(=O)c1ccc(NC(=O)c2ccc(C(F)(F)F)nc2)cc1F. The summed E-state index contributed by atoms with van der Waals surface area (Å²) in [6.45, 7) is 0. The number of halogens is 4. The van der Waals surface area contributed by atoms with Crippen LogP contribution in [0.2, 0.25) is 0 Å². The van der Waals surface area contributed by atoms with Gasteiger partial charge in [-0.25, -0.2) is 9.18 Å². The van der Waals surface area contributed by atoms with Crippen molar-refractivity contribution in [1.82, 2.24) is 4.98 Å². The van der Waals surface area contributed by atoms with Crippen molar-refractivity contribution in [3.63, 3.8) is 0 Å². The van der Waals surface area contributed by atoms with Crippen LogP contribution in [0, 0.1) is 5.82 Å². The Balaban J connectivity index is 2.15. The van der Waals surface area contributed by atoms with Crippen molar-refractivity contribution >= 4 is 17.6 Å². The first-order chi connectivity index (χ1) is 11.2. The van der Waals surface area contributed by atoms with Crippen molar-refractivity contribution in [3.8, 4) is 0 Å². The number of carbonyl (C=O) groups is 2. The number of pyridine rings is 1. The van der Waals surface area contributed by atoms with Gasteiger partial charge in [-0.3, -0.25) is 9.78 Å². The fraction of sp³-hybridized carbons (Fsp3) is 0.133. The molecule has 9 heteroatoms. The number of aromatic nitrogens is 1. The number of nitrogens with zero attached hydrogens (tertiary/aromatic N) is 1. The van der Waals surface area contributed by atoms with Gasteiger partial charge in [-0.1, -0.05) is 0 Å². The Morgan fingerprint density at radius 1 is 1.17 bits per heavy atom. The zero-order valence-corrected chi connectivity index (χ0v) is 12.1. The van der Waals surface area contributed by atoms with Crippen molar-refractivity contribution in [3.05, 3.63) is 59.2 Å². The predicted octanol–water partition coefficient (Wildman–Crippen LogP) is 3.28. The highest BCUT2D eigenvalue weighted by atomic mass is 19.4. The molecule has 1 heterocycles. The maximum atomic E-state index is 13.7. The van der Waals surface area contributed by atoms with Crippen LogP contribution in [0.5, 0.6) is 0 Å². The summed E-state index contributed by atoms with van der Waals surface area (Å²) < 4.78 is 55.3. The van der Waals surface area contributed by atoms with E-state index in [1.54, 1.807) is 0 Å². The summed E-state index contributed by atoms with van der Waals surface area (Å²) in [4.78, 5) is 26.3. The molecule has 1 aromatic carbocycles. The number of methoxy groups -OCH3 is 1. The van der Waals surface area contributed by atoms with Gasteiger partial charge in [0, 0.05) is 11.9 Å². The second-order valence-electron chi connectivity index (χ2n) is 4.57. The monoisotopic (exact) mass is 342 g/mol. The number of hydrogen-bond donors (Lipinski definition) is 1. The average molecular weight is 342 g/mol. The van der Waals surface area contributed by atoms with Crippen LogP contribution in [0.3, 0.4) is 0 Å². The number of alkyl halides is 3. The van der Waals surface area contributed by atoms with Crippen LogP contribution < -0.4 is 5.32 Å². The normalized spacial score (nSPS) is 11.0. The number of carbonyl (C=O) groups excluding carboxylic acids is 2. The van der Waals surface area contributed by atoms with E-state index >= 15 is 0 Å². The Kier molecular flexibility index (Phi) is 4.82. The molecule has 0 radical (unpaired) electrons. The zero-order valence-electron chi connectivity index (χ0n) is 12.1. The fourth-order valence-corrected chi connectivity index (χ4v) is 1.77. The lowest BCUT2D eigenvalue weighted by molar-refractivity contribution is -0.141. The van der Waals surface area contributed by atoms with E-state index in [1.165, 1.54) is 6.07 Å². The van der Waals surface area contributed by atoms with E-state index in [9.17, 15) is 27.2 Å². The lowest BCUT2D eigenvalue weighted by Crippen LogP contribution is -2.14. The van der Waals surface area contributed by atoms with Gasteiger partial charge in [-0.05, 0) is 30.3 Å². The molecule has 0 spiro atoms.